The molecular formula is C26H29N5O2S. The van der Waals surface area contributed by atoms with E-state index in [0.717, 1.165) is 27.9 Å². The first kappa shape index (κ1) is 23.6. The first-order chi connectivity index (χ1) is 16.3. The summed E-state index contributed by atoms with van der Waals surface area (Å²) < 4.78 is 1.59. The summed E-state index contributed by atoms with van der Waals surface area (Å²) in [4.78, 5) is 30.1. The Balaban J connectivity index is 1.79. The molecule has 0 fully saturated rings. The molecule has 2 heterocycles. The molecule has 7 nitrogen and oxygen atoms in total. The van der Waals surface area contributed by atoms with Crippen molar-refractivity contribution < 1.29 is 9.59 Å². The number of amides is 2. The molecule has 0 aliphatic rings. The molecule has 0 aliphatic heterocycles. The summed E-state index contributed by atoms with van der Waals surface area (Å²) in [6, 6.07) is 18.1. The molecule has 4 rings (SSSR count). The van der Waals surface area contributed by atoms with Gasteiger partial charge in [0.1, 0.15) is 18.1 Å². The molecule has 0 bridgehead atoms. The Kier molecular flexibility index (Phi) is 6.79. The van der Waals surface area contributed by atoms with E-state index >= 15 is 0 Å². The Morgan fingerprint density at radius 2 is 1.82 bits per heavy atom. The SMILES string of the molecule is CCC(C)(C)NC(=O)[C@H](c1cccs1)N(C(=O)Cn1nnc2ccccc21)c1ccccc1C. The van der Waals surface area contributed by atoms with Crippen molar-refractivity contribution in [2.45, 2.75) is 52.2 Å². The molecule has 1 atom stereocenters. The van der Waals surface area contributed by atoms with Gasteiger partial charge in [0, 0.05) is 16.1 Å². The number of hydrogen-bond acceptors (Lipinski definition) is 5. The summed E-state index contributed by atoms with van der Waals surface area (Å²) >= 11 is 1.46. The topological polar surface area (TPSA) is 80.1 Å². The van der Waals surface area contributed by atoms with Gasteiger partial charge >= 0.3 is 0 Å². The third-order valence-electron chi connectivity index (χ3n) is 6.01. The van der Waals surface area contributed by atoms with Crippen LogP contribution in [-0.4, -0.2) is 32.3 Å². The van der Waals surface area contributed by atoms with Gasteiger partial charge in [0.05, 0.1) is 5.52 Å². The van der Waals surface area contributed by atoms with Crippen LogP contribution in [0.4, 0.5) is 5.69 Å². The minimum absolute atomic E-state index is 0.0405. The Hall–Kier alpha value is -3.52. The number of nitrogens with one attached hydrogen (secondary N) is 1. The highest BCUT2D eigenvalue weighted by Gasteiger charge is 2.36. The van der Waals surface area contributed by atoms with E-state index in [-0.39, 0.29) is 18.4 Å². The van der Waals surface area contributed by atoms with Crippen LogP contribution in [-0.2, 0) is 16.1 Å². The fourth-order valence-corrected chi connectivity index (χ4v) is 4.61. The van der Waals surface area contributed by atoms with Gasteiger partial charge in [-0.25, -0.2) is 4.68 Å². The number of fused-ring (bicyclic) bond motifs is 1. The number of hydrogen-bond donors (Lipinski definition) is 1. The van der Waals surface area contributed by atoms with Gasteiger partial charge < -0.3 is 5.32 Å². The molecule has 0 unspecified atom stereocenters. The number of para-hydroxylation sites is 2. The van der Waals surface area contributed by atoms with E-state index in [1.807, 2.05) is 93.7 Å². The Bertz CT molecular complexity index is 1300. The van der Waals surface area contributed by atoms with Crippen molar-refractivity contribution in [2.24, 2.45) is 0 Å². The number of rotatable bonds is 8. The highest BCUT2D eigenvalue weighted by Crippen LogP contribution is 2.33. The first-order valence-corrected chi connectivity index (χ1v) is 12.2. The number of benzene rings is 2. The molecule has 0 radical (unpaired) electrons. The number of nitrogens with zero attached hydrogens (tertiary/aromatic N) is 4. The van der Waals surface area contributed by atoms with E-state index in [1.54, 1.807) is 9.58 Å². The zero-order chi connectivity index (χ0) is 24.3. The fourth-order valence-electron chi connectivity index (χ4n) is 3.80. The maximum atomic E-state index is 13.9. The van der Waals surface area contributed by atoms with Crippen LogP contribution in [0.5, 0.6) is 0 Å². The maximum Gasteiger partial charge on any atom is 0.249 e. The van der Waals surface area contributed by atoms with Crippen LogP contribution in [0.1, 0.15) is 43.7 Å². The van der Waals surface area contributed by atoms with Crippen LogP contribution in [0.3, 0.4) is 0 Å². The van der Waals surface area contributed by atoms with Crippen molar-refractivity contribution >= 4 is 39.9 Å². The number of carbonyl (C=O) groups is 2. The molecule has 34 heavy (non-hydrogen) atoms. The average molecular weight is 476 g/mol. The van der Waals surface area contributed by atoms with E-state index < -0.39 is 11.6 Å². The van der Waals surface area contributed by atoms with Crippen molar-refractivity contribution in [2.75, 3.05) is 4.90 Å². The quantitative estimate of drug-likeness (QED) is 0.394. The minimum atomic E-state index is -0.811. The lowest BCUT2D eigenvalue weighted by atomic mass is 10.0. The van der Waals surface area contributed by atoms with Gasteiger partial charge in [0.15, 0.2) is 0 Å². The summed E-state index contributed by atoms with van der Waals surface area (Å²) in [7, 11) is 0. The standard InChI is InChI=1S/C26H29N5O2S/c1-5-26(3,4)27-25(33)24(22-15-10-16-34-22)31(20-13-8-6-11-18(20)2)23(32)17-30-21-14-9-7-12-19(21)28-29-30/h6-16,24H,5,17H2,1-4H3,(H,27,33)/t24-/m0/s1. The highest BCUT2D eigenvalue weighted by atomic mass is 32.1. The third-order valence-corrected chi connectivity index (χ3v) is 6.94. The predicted octanol–water partition coefficient (Wildman–Crippen LogP) is 4.88. The summed E-state index contributed by atoms with van der Waals surface area (Å²) in [5.41, 5.74) is 2.68. The summed E-state index contributed by atoms with van der Waals surface area (Å²) in [5, 5.41) is 13.4. The van der Waals surface area contributed by atoms with Crippen LogP contribution in [0.25, 0.3) is 11.0 Å². The second kappa shape index (κ2) is 9.77. The Morgan fingerprint density at radius 3 is 2.53 bits per heavy atom. The van der Waals surface area contributed by atoms with Gasteiger partial charge in [-0.1, -0.05) is 48.5 Å². The van der Waals surface area contributed by atoms with Gasteiger partial charge in [-0.3, -0.25) is 14.5 Å². The van der Waals surface area contributed by atoms with Crippen molar-refractivity contribution in [1.82, 2.24) is 20.3 Å². The van der Waals surface area contributed by atoms with E-state index in [2.05, 4.69) is 15.6 Å². The predicted molar refractivity (Wildman–Crippen MR) is 136 cm³/mol. The molecular weight excluding hydrogens is 446 g/mol. The van der Waals surface area contributed by atoms with Crippen LogP contribution in [0.15, 0.2) is 66.0 Å². The van der Waals surface area contributed by atoms with Crippen LogP contribution in [0.2, 0.25) is 0 Å². The Morgan fingerprint density at radius 1 is 1.09 bits per heavy atom. The number of thiophene rings is 1. The molecule has 4 aromatic rings. The average Bonchev–Trinajstić information content (AvgIpc) is 3.48. The van der Waals surface area contributed by atoms with E-state index in [0.29, 0.717) is 5.69 Å². The zero-order valence-corrected chi connectivity index (χ0v) is 20.7. The highest BCUT2D eigenvalue weighted by molar-refractivity contribution is 7.10. The second-order valence-electron chi connectivity index (χ2n) is 8.93. The Labute approximate surface area is 203 Å². The molecule has 176 valence electrons. The van der Waals surface area contributed by atoms with Gasteiger partial charge in [-0.05, 0) is 62.4 Å². The third kappa shape index (κ3) is 4.87. The molecule has 0 aliphatic carbocycles. The lowest BCUT2D eigenvalue weighted by Crippen LogP contribution is -2.51. The summed E-state index contributed by atoms with van der Waals surface area (Å²) in [6.07, 6.45) is 0.763. The minimum Gasteiger partial charge on any atom is -0.349 e. The molecule has 2 aromatic heterocycles. The van der Waals surface area contributed by atoms with Gasteiger partial charge in [-0.2, -0.15) is 0 Å². The lowest BCUT2D eigenvalue weighted by Gasteiger charge is -2.34. The van der Waals surface area contributed by atoms with Crippen molar-refractivity contribution in [3.05, 3.63) is 76.5 Å². The van der Waals surface area contributed by atoms with Crippen LogP contribution in [0, 0.1) is 6.92 Å². The molecule has 0 saturated carbocycles. The molecule has 2 aromatic carbocycles. The largest absolute Gasteiger partial charge is 0.349 e. The summed E-state index contributed by atoms with van der Waals surface area (Å²) in [5.74, 6) is -0.456. The number of aryl methyl sites for hydroxylation is 1. The zero-order valence-electron chi connectivity index (χ0n) is 19.9. The van der Waals surface area contributed by atoms with Crippen molar-refractivity contribution in [3.8, 4) is 0 Å². The van der Waals surface area contributed by atoms with Crippen molar-refractivity contribution in [1.29, 1.82) is 0 Å². The van der Waals surface area contributed by atoms with Crippen molar-refractivity contribution in [3.63, 3.8) is 0 Å². The summed E-state index contributed by atoms with van der Waals surface area (Å²) in [6.45, 7) is 7.90. The monoisotopic (exact) mass is 475 g/mol. The molecule has 2 amide bonds. The van der Waals surface area contributed by atoms with E-state index in [4.69, 9.17) is 0 Å². The van der Waals surface area contributed by atoms with Gasteiger partial charge in [-0.15, -0.1) is 16.4 Å². The van der Waals surface area contributed by atoms with Crippen LogP contribution >= 0.6 is 11.3 Å². The van der Waals surface area contributed by atoms with Crippen LogP contribution < -0.4 is 10.2 Å². The number of aromatic nitrogens is 3. The van der Waals surface area contributed by atoms with Gasteiger partial charge in [0.25, 0.3) is 0 Å². The first-order valence-electron chi connectivity index (χ1n) is 11.3. The maximum absolute atomic E-state index is 13.9. The lowest BCUT2D eigenvalue weighted by molar-refractivity contribution is -0.128. The van der Waals surface area contributed by atoms with E-state index in [1.165, 1.54) is 11.3 Å². The second-order valence-corrected chi connectivity index (χ2v) is 9.91. The molecule has 0 saturated heterocycles. The van der Waals surface area contributed by atoms with Gasteiger partial charge in [0.2, 0.25) is 11.8 Å². The normalized spacial score (nSPS) is 12.5. The molecule has 0 spiro atoms. The molecule has 8 heteroatoms. The fraction of sp³-hybridized carbons (Fsp3) is 0.308. The number of carbonyl (C=O) groups excluding carboxylic acids is 2. The molecule has 1 N–H and O–H groups in total. The van der Waals surface area contributed by atoms with E-state index in [9.17, 15) is 9.59 Å². The smallest absolute Gasteiger partial charge is 0.249 e. The number of anilines is 1.